The Morgan fingerprint density at radius 3 is 2.75 bits per heavy atom. The number of carbonyl (C=O) groups is 1. The number of nitrogens with one attached hydrogen (secondary N) is 1. The summed E-state index contributed by atoms with van der Waals surface area (Å²) in [6, 6.07) is 8.56. The van der Waals surface area contributed by atoms with Gasteiger partial charge in [-0.1, -0.05) is 23.7 Å². The molecule has 124 valence electrons. The quantitative estimate of drug-likeness (QED) is 0.489. The zero-order chi connectivity index (χ0) is 17.7. The van der Waals surface area contributed by atoms with E-state index in [2.05, 4.69) is 10.5 Å². The van der Waals surface area contributed by atoms with Gasteiger partial charge in [0.2, 0.25) is 0 Å². The molecule has 0 aliphatic rings. The lowest BCUT2D eigenvalue weighted by atomic mass is 10.2. The number of rotatable bonds is 5. The molecular formula is C15H12ClN3O5. The molecule has 1 amide bonds. The van der Waals surface area contributed by atoms with Crippen molar-refractivity contribution in [3.8, 4) is 11.5 Å². The number of nitro groups is 1. The first-order valence-electron chi connectivity index (χ1n) is 6.57. The minimum atomic E-state index is -0.637. The van der Waals surface area contributed by atoms with Crippen LogP contribution in [-0.2, 0) is 0 Å². The standard InChI is InChI=1S/C15H12ClN3O5/c1-24-13-7-10(19(22)23)6-9(14(13)20)8-17-18-15(21)11-4-2-3-5-12(11)16/h2-8,20H,1H3,(H,18,21)/b17-8-. The molecule has 0 atom stereocenters. The summed E-state index contributed by atoms with van der Waals surface area (Å²) in [6.45, 7) is 0. The molecule has 0 saturated carbocycles. The van der Waals surface area contributed by atoms with Crippen LogP contribution < -0.4 is 10.2 Å². The minimum absolute atomic E-state index is 0.0144. The first-order valence-corrected chi connectivity index (χ1v) is 6.95. The summed E-state index contributed by atoms with van der Waals surface area (Å²) >= 11 is 5.89. The van der Waals surface area contributed by atoms with Gasteiger partial charge in [0.1, 0.15) is 0 Å². The number of amides is 1. The third kappa shape index (κ3) is 3.79. The number of methoxy groups -OCH3 is 1. The number of hydrogen-bond donors (Lipinski definition) is 2. The fourth-order valence-corrected chi connectivity index (χ4v) is 2.06. The van der Waals surface area contributed by atoms with Crippen LogP contribution in [0, 0.1) is 10.1 Å². The third-order valence-corrected chi connectivity index (χ3v) is 3.34. The largest absolute Gasteiger partial charge is 0.504 e. The van der Waals surface area contributed by atoms with Gasteiger partial charge in [0.05, 0.1) is 34.9 Å². The van der Waals surface area contributed by atoms with E-state index in [1.807, 2.05) is 0 Å². The second kappa shape index (κ2) is 7.42. The van der Waals surface area contributed by atoms with Gasteiger partial charge in [0.25, 0.3) is 11.6 Å². The topological polar surface area (TPSA) is 114 Å². The van der Waals surface area contributed by atoms with Crippen molar-refractivity contribution in [1.82, 2.24) is 5.43 Å². The molecule has 2 aromatic rings. The van der Waals surface area contributed by atoms with Crippen LogP contribution in [0.5, 0.6) is 11.5 Å². The third-order valence-electron chi connectivity index (χ3n) is 3.01. The Morgan fingerprint density at radius 1 is 1.42 bits per heavy atom. The smallest absolute Gasteiger partial charge is 0.274 e. The number of nitro benzene ring substituents is 1. The molecule has 0 unspecified atom stereocenters. The maximum Gasteiger partial charge on any atom is 0.274 e. The zero-order valence-corrected chi connectivity index (χ0v) is 13.1. The molecule has 0 heterocycles. The number of phenolic OH excluding ortho intramolecular Hbond substituents is 1. The zero-order valence-electron chi connectivity index (χ0n) is 12.4. The second-order valence-corrected chi connectivity index (χ2v) is 4.93. The van der Waals surface area contributed by atoms with Gasteiger partial charge in [-0.05, 0) is 12.1 Å². The van der Waals surface area contributed by atoms with E-state index >= 15 is 0 Å². The van der Waals surface area contributed by atoms with Crippen molar-refractivity contribution < 1.29 is 19.6 Å². The van der Waals surface area contributed by atoms with Crippen molar-refractivity contribution in [1.29, 1.82) is 0 Å². The average molecular weight is 350 g/mol. The Morgan fingerprint density at radius 2 is 2.12 bits per heavy atom. The van der Waals surface area contributed by atoms with Crippen molar-refractivity contribution >= 4 is 29.4 Å². The summed E-state index contributed by atoms with van der Waals surface area (Å²) in [5, 5.41) is 24.8. The van der Waals surface area contributed by atoms with Crippen molar-refractivity contribution in [2.24, 2.45) is 5.10 Å². The number of carbonyl (C=O) groups excluding carboxylic acids is 1. The molecule has 2 N–H and O–H groups in total. The van der Waals surface area contributed by atoms with Crippen molar-refractivity contribution in [3.63, 3.8) is 0 Å². The molecular weight excluding hydrogens is 338 g/mol. The van der Waals surface area contributed by atoms with Crippen LogP contribution in [-0.4, -0.2) is 29.3 Å². The van der Waals surface area contributed by atoms with Gasteiger partial charge >= 0.3 is 0 Å². The van der Waals surface area contributed by atoms with Crippen LogP contribution in [0.15, 0.2) is 41.5 Å². The molecule has 0 aliphatic carbocycles. The van der Waals surface area contributed by atoms with Crippen molar-refractivity contribution in [2.45, 2.75) is 0 Å². The molecule has 0 spiro atoms. The molecule has 2 aromatic carbocycles. The van der Waals surface area contributed by atoms with Gasteiger partial charge in [-0.3, -0.25) is 14.9 Å². The Bertz CT molecular complexity index is 823. The van der Waals surface area contributed by atoms with E-state index in [9.17, 15) is 20.0 Å². The number of ether oxygens (including phenoxy) is 1. The predicted octanol–water partition coefficient (Wildman–Crippen LogP) is 2.73. The molecule has 0 aromatic heterocycles. The average Bonchev–Trinajstić information content (AvgIpc) is 2.56. The summed E-state index contributed by atoms with van der Waals surface area (Å²) in [5.41, 5.74) is 2.17. The van der Waals surface area contributed by atoms with Crippen LogP contribution in [0.4, 0.5) is 5.69 Å². The van der Waals surface area contributed by atoms with E-state index in [1.54, 1.807) is 18.2 Å². The van der Waals surface area contributed by atoms with Crippen LogP contribution >= 0.6 is 11.6 Å². The van der Waals surface area contributed by atoms with E-state index in [1.165, 1.54) is 13.2 Å². The fraction of sp³-hybridized carbons (Fsp3) is 0.0667. The van der Waals surface area contributed by atoms with E-state index in [-0.39, 0.29) is 33.3 Å². The van der Waals surface area contributed by atoms with E-state index in [0.29, 0.717) is 0 Å². The van der Waals surface area contributed by atoms with E-state index in [4.69, 9.17) is 16.3 Å². The monoisotopic (exact) mass is 349 g/mol. The first kappa shape index (κ1) is 17.2. The van der Waals surface area contributed by atoms with Gasteiger partial charge in [-0.15, -0.1) is 0 Å². The van der Waals surface area contributed by atoms with Crippen molar-refractivity contribution in [3.05, 3.63) is 62.7 Å². The van der Waals surface area contributed by atoms with Gasteiger partial charge in [0, 0.05) is 11.6 Å². The molecule has 2 rings (SSSR count). The number of halogens is 1. The SMILES string of the molecule is COc1cc([N+](=O)[O-])cc(/C=N\NC(=O)c2ccccc2Cl)c1O. The highest BCUT2D eigenvalue weighted by atomic mass is 35.5. The highest BCUT2D eigenvalue weighted by Gasteiger charge is 2.16. The molecule has 0 fully saturated rings. The molecule has 24 heavy (non-hydrogen) atoms. The minimum Gasteiger partial charge on any atom is -0.504 e. The molecule has 0 radical (unpaired) electrons. The summed E-state index contributed by atoms with van der Waals surface area (Å²) in [4.78, 5) is 22.2. The number of non-ortho nitro benzene ring substituents is 1. The highest BCUT2D eigenvalue weighted by Crippen LogP contribution is 2.33. The maximum atomic E-state index is 11.9. The number of hydrogen-bond acceptors (Lipinski definition) is 6. The normalized spacial score (nSPS) is 10.6. The molecule has 0 bridgehead atoms. The Labute approximate surface area is 141 Å². The molecule has 0 saturated heterocycles. The number of nitrogens with zero attached hydrogens (tertiary/aromatic N) is 2. The van der Waals surface area contributed by atoms with E-state index in [0.717, 1.165) is 18.3 Å². The Kier molecular flexibility index (Phi) is 5.33. The van der Waals surface area contributed by atoms with E-state index < -0.39 is 10.8 Å². The lowest BCUT2D eigenvalue weighted by molar-refractivity contribution is -0.385. The first-order chi connectivity index (χ1) is 11.4. The van der Waals surface area contributed by atoms with Crippen LogP contribution in [0.25, 0.3) is 0 Å². The lowest BCUT2D eigenvalue weighted by Gasteiger charge is -2.06. The lowest BCUT2D eigenvalue weighted by Crippen LogP contribution is -2.18. The summed E-state index contributed by atoms with van der Waals surface area (Å²) < 4.78 is 4.87. The molecule has 9 heteroatoms. The van der Waals surface area contributed by atoms with Crippen LogP contribution in [0.3, 0.4) is 0 Å². The van der Waals surface area contributed by atoms with Crippen LogP contribution in [0.2, 0.25) is 5.02 Å². The summed E-state index contributed by atoms with van der Waals surface area (Å²) in [7, 11) is 1.26. The van der Waals surface area contributed by atoms with Gasteiger partial charge < -0.3 is 9.84 Å². The predicted molar refractivity (Wildman–Crippen MR) is 87.8 cm³/mol. The Hall–Kier alpha value is -3.13. The summed E-state index contributed by atoms with van der Waals surface area (Å²) in [6.07, 6.45) is 1.07. The van der Waals surface area contributed by atoms with Gasteiger partial charge in [-0.2, -0.15) is 5.10 Å². The molecule has 0 aliphatic heterocycles. The molecule has 8 nitrogen and oxygen atoms in total. The van der Waals surface area contributed by atoms with Crippen molar-refractivity contribution in [2.75, 3.05) is 7.11 Å². The highest BCUT2D eigenvalue weighted by molar-refractivity contribution is 6.33. The number of phenols is 1. The Balaban J connectivity index is 2.23. The van der Waals surface area contributed by atoms with Gasteiger partial charge in [-0.25, -0.2) is 5.43 Å². The maximum absolute atomic E-state index is 11.9. The number of benzene rings is 2. The van der Waals surface area contributed by atoms with Crippen LogP contribution in [0.1, 0.15) is 15.9 Å². The number of aromatic hydroxyl groups is 1. The fourth-order valence-electron chi connectivity index (χ4n) is 1.84. The van der Waals surface area contributed by atoms with Gasteiger partial charge in [0.15, 0.2) is 11.5 Å². The summed E-state index contributed by atoms with van der Waals surface area (Å²) in [5.74, 6) is -0.976. The number of hydrazone groups is 1. The second-order valence-electron chi connectivity index (χ2n) is 4.52.